The van der Waals surface area contributed by atoms with E-state index >= 15 is 0 Å². The molecule has 0 aromatic carbocycles. The van der Waals surface area contributed by atoms with Gasteiger partial charge in [0.05, 0.1) is 39.6 Å². The van der Waals surface area contributed by atoms with Crippen molar-refractivity contribution < 1.29 is 29.2 Å². The van der Waals surface area contributed by atoms with Crippen LogP contribution in [0.15, 0.2) is 12.2 Å². The van der Waals surface area contributed by atoms with E-state index < -0.39 is 11.6 Å². The molecule has 0 bridgehead atoms. The highest BCUT2D eigenvalue weighted by atomic mass is 16.7. The van der Waals surface area contributed by atoms with Gasteiger partial charge in [-0.2, -0.15) is 0 Å². The molecule has 3 fully saturated rings. The molecule has 2 N–H and O–H groups in total. The van der Waals surface area contributed by atoms with Crippen LogP contribution < -0.4 is 0 Å². The molecule has 3 aliphatic rings. The summed E-state index contributed by atoms with van der Waals surface area (Å²) in [4.78, 5) is 0. The van der Waals surface area contributed by atoms with Crippen LogP contribution in [0.1, 0.15) is 46.5 Å². The SMILES string of the molecule is C=C1CC2(OCC(CC)(CO)CO2)C(C)CC12OCC(CC)(CO)CO2. The number of ether oxygens (including phenoxy) is 4. The number of aliphatic hydroxyl groups is 2. The van der Waals surface area contributed by atoms with Gasteiger partial charge in [0.1, 0.15) is 0 Å². The first kappa shape index (κ1) is 20.2. The number of aliphatic hydroxyl groups excluding tert-OH is 2. The Morgan fingerprint density at radius 2 is 1.38 bits per heavy atom. The summed E-state index contributed by atoms with van der Waals surface area (Å²) < 4.78 is 24.8. The maximum atomic E-state index is 9.70. The molecule has 26 heavy (non-hydrogen) atoms. The second kappa shape index (κ2) is 7.15. The molecule has 0 radical (unpaired) electrons. The molecule has 2 heterocycles. The third-order valence-electron chi connectivity index (χ3n) is 6.96. The van der Waals surface area contributed by atoms with Gasteiger partial charge in [0.15, 0.2) is 11.6 Å². The summed E-state index contributed by atoms with van der Waals surface area (Å²) in [6, 6.07) is 0. The van der Waals surface area contributed by atoms with Gasteiger partial charge in [0.25, 0.3) is 0 Å². The summed E-state index contributed by atoms with van der Waals surface area (Å²) in [5, 5.41) is 19.4. The largest absolute Gasteiger partial charge is 0.396 e. The highest BCUT2D eigenvalue weighted by Crippen LogP contribution is 2.52. The van der Waals surface area contributed by atoms with Crippen molar-refractivity contribution in [3.8, 4) is 0 Å². The lowest BCUT2D eigenvalue weighted by molar-refractivity contribution is -0.368. The predicted molar refractivity (Wildman–Crippen MR) is 96.4 cm³/mol. The zero-order valence-corrected chi connectivity index (χ0v) is 16.4. The minimum Gasteiger partial charge on any atom is -0.396 e. The fourth-order valence-electron chi connectivity index (χ4n) is 4.09. The molecule has 1 atom stereocenters. The van der Waals surface area contributed by atoms with E-state index in [-0.39, 0.29) is 30.0 Å². The van der Waals surface area contributed by atoms with Gasteiger partial charge in [0.2, 0.25) is 0 Å². The first-order valence-corrected chi connectivity index (χ1v) is 9.78. The van der Waals surface area contributed by atoms with Crippen LogP contribution in [0.2, 0.25) is 0 Å². The normalized spacial score (nSPS) is 46.8. The third kappa shape index (κ3) is 3.15. The topological polar surface area (TPSA) is 77.4 Å². The molecule has 2 spiro atoms. The molecule has 0 aromatic rings. The van der Waals surface area contributed by atoms with Crippen LogP contribution in [0, 0.1) is 16.7 Å². The lowest BCUT2D eigenvalue weighted by Gasteiger charge is -2.56. The summed E-state index contributed by atoms with van der Waals surface area (Å²) in [6.07, 6.45) is 2.73. The first-order chi connectivity index (χ1) is 12.3. The van der Waals surface area contributed by atoms with Crippen LogP contribution in [-0.2, 0) is 18.9 Å². The summed E-state index contributed by atoms with van der Waals surface area (Å²) >= 11 is 0. The van der Waals surface area contributed by atoms with Crippen molar-refractivity contribution in [1.82, 2.24) is 0 Å². The van der Waals surface area contributed by atoms with Gasteiger partial charge < -0.3 is 29.2 Å². The summed E-state index contributed by atoms with van der Waals surface area (Å²) in [7, 11) is 0. The summed E-state index contributed by atoms with van der Waals surface area (Å²) in [5.74, 6) is -1.48. The molecular formula is C20H34O6. The van der Waals surface area contributed by atoms with Gasteiger partial charge in [-0.15, -0.1) is 0 Å². The lowest BCUT2D eigenvalue weighted by Crippen LogP contribution is -2.62. The monoisotopic (exact) mass is 370 g/mol. The number of rotatable bonds is 4. The Morgan fingerprint density at radius 1 is 0.923 bits per heavy atom. The van der Waals surface area contributed by atoms with Gasteiger partial charge in [-0.1, -0.05) is 27.4 Å². The molecule has 1 saturated carbocycles. The van der Waals surface area contributed by atoms with Crippen molar-refractivity contribution in [2.45, 2.75) is 58.0 Å². The molecular weight excluding hydrogens is 336 g/mol. The molecule has 2 saturated heterocycles. The summed E-state index contributed by atoms with van der Waals surface area (Å²) in [5.41, 5.74) is 0.177. The van der Waals surface area contributed by atoms with Crippen molar-refractivity contribution in [1.29, 1.82) is 0 Å². The molecule has 0 amide bonds. The van der Waals surface area contributed by atoms with Crippen LogP contribution in [0.3, 0.4) is 0 Å². The molecule has 6 nitrogen and oxygen atoms in total. The van der Waals surface area contributed by atoms with Crippen LogP contribution in [-0.4, -0.2) is 61.4 Å². The standard InChI is InChI=1S/C20H34O6/c1-5-17(9-21)11-23-19(24-12-17)7-16(4)20(8-15(19)3)25-13-18(6-2,10-22)14-26-20/h16,21-22H,3,5-14H2,1-2,4H3. The van der Waals surface area contributed by atoms with Crippen LogP contribution >= 0.6 is 0 Å². The van der Waals surface area contributed by atoms with Crippen LogP contribution in [0.5, 0.6) is 0 Å². The van der Waals surface area contributed by atoms with Crippen molar-refractivity contribution in [3.05, 3.63) is 12.2 Å². The Labute approximate surface area is 156 Å². The fourth-order valence-corrected chi connectivity index (χ4v) is 4.09. The van der Waals surface area contributed by atoms with Crippen molar-refractivity contribution in [2.24, 2.45) is 16.7 Å². The maximum absolute atomic E-state index is 9.70. The predicted octanol–water partition coefficient (Wildman–Crippen LogP) is 2.24. The Balaban J connectivity index is 1.70. The highest BCUT2D eigenvalue weighted by Gasteiger charge is 2.58. The molecule has 6 heteroatoms. The van der Waals surface area contributed by atoms with E-state index in [4.69, 9.17) is 18.9 Å². The summed E-state index contributed by atoms with van der Waals surface area (Å²) in [6.45, 7) is 12.4. The number of hydrogen-bond acceptors (Lipinski definition) is 6. The van der Waals surface area contributed by atoms with Gasteiger partial charge >= 0.3 is 0 Å². The average molecular weight is 370 g/mol. The van der Waals surface area contributed by atoms with E-state index in [1.165, 1.54) is 0 Å². The van der Waals surface area contributed by atoms with E-state index in [0.29, 0.717) is 39.3 Å². The maximum Gasteiger partial charge on any atom is 0.191 e. The van der Waals surface area contributed by atoms with Gasteiger partial charge in [0, 0.05) is 29.6 Å². The van der Waals surface area contributed by atoms with E-state index in [1.54, 1.807) is 0 Å². The smallest absolute Gasteiger partial charge is 0.191 e. The number of hydrogen-bond donors (Lipinski definition) is 2. The van der Waals surface area contributed by atoms with Gasteiger partial charge in [-0.25, -0.2) is 0 Å². The molecule has 150 valence electrons. The lowest BCUT2D eigenvalue weighted by atomic mass is 9.75. The van der Waals surface area contributed by atoms with E-state index in [1.807, 2.05) is 13.8 Å². The second-order valence-electron chi connectivity index (χ2n) is 8.63. The van der Waals surface area contributed by atoms with Crippen LogP contribution in [0.4, 0.5) is 0 Å². The molecule has 3 rings (SSSR count). The van der Waals surface area contributed by atoms with Crippen LogP contribution in [0.25, 0.3) is 0 Å². The Kier molecular flexibility index (Phi) is 5.57. The zero-order valence-electron chi connectivity index (χ0n) is 16.4. The van der Waals surface area contributed by atoms with E-state index in [2.05, 4.69) is 13.5 Å². The quantitative estimate of drug-likeness (QED) is 0.739. The third-order valence-corrected chi connectivity index (χ3v) is 6.96. The zero-order chi connectivity index (χ0) is 19.1. The Bertz CT molecular complexity index is 502. The Hall–Kier alpha value is -0.500. The average Bonchev–Trinajstić information content (AvgIpc) is 2.68. The molecule has 2 aliphatic heterocycles. The van der Waals surface area contributed by atoms with E-state index in [0.717, 1.165) is 18.4 Å². The van der Waals surface area contributed by atoms with Gasteiger partial charge in [-0.3, -0.25) is 0 Å². The Morgan fingerprint density at radius 3 is 1.81 bits per heavy atom. The van der Waals surface area contributed by atoms with Crippen molar-refractivity contribution in [3.63, 3.8) is 0 Å². The van der Waals surface area contributed by atoms with Crippen molar-refractivity contribution >= 4 is 0 Å². The minimum absolute atomic E-state index is 0.0536. The molecule has 1 unspecified atom stereocenters. The fraction of sp³-hybridized carbons (Fsp3) is 0.900. The molecule has 0 aromatic heterocycles. The first-order valence-electron chi connectivity index (χ1n) is 9.78. The second-order valence-corrected chi connectivity index (χ2v) is 8.63. The highest BCUT2D eigenvalue weighted by molar-refractivity contribution is 5.18. The molecule has 1 aliphatic carbocycles. The van der Waals surface area contributed by atoms with E-state index in [9.17, 15) is 10.2 Å². The van der Waals surface area contributed by atoms with Gasteiger partial charge in [-0.05, 0) is 18.4 Å². The van der Waals surface area contributed by atoms with Crippen molar-refractivity contribution in [2.75, 3.05) is 39.6 Å². The minimum atomic E-state index is -0.818.